The van der Waals surface area contributed by atoms with E-state index >= 15 is 0 Å². The lowest BCUT2D eigenvalue weighted by atomic mass is 10.1. The van der Waals surface area contributed by atoms with Gasteiger partial charge in [-0.2, -0.15) is 8.78 Å². The third-order valence-electron chi connectivity index (χ3n) is 2.27. The van der Waals surface area contributed by atoms with Gasteiger partial charge in [0.15, 0.2) is 0 Å². The lowest BCUT2D eigenvalue weighted by Crippen LogP contribution is -2.41. The minimum absolute atomic E-state index is 0.126. The van der Waals surface area contributed by atoms with Crippen LogP contribution in [0, 0.1) is 0 Å². The van der Waals surface area contributed by atoms with Gasteiger partial charge >= 0.3 is 12.1 Å². The van der Waals surface area contributed by atoms with Crippen LogP contribution < -0.4 is 5.73 Å². The number of alkyl halides is 2. The molecule has 1 heterocycles. The number of hydrogen-bond acceptors (Lipinski definition) is 1. The molecule has 3 nitrogen and oxygen atoms in total. The van der Waals surface area contributed by atoms with Gasteiger partial charge in [-0.15, -0.1) is 0 Å². The number of halogens is 2. The number of nitrogens with zero attached hydrogens (tertiary/aromatic N) is 1. The fourth-order valence-corrected chi connectivity index (χ4v) is 1.58. The normalized spacial score (nSPS) is 18.0. The molecule has 74 valence electrons. The second-order valence-electron chi connectivity index (χ2n) is 3.12. The first-order valence-corrected chi connectivity index (χ1v) is 4.07. The maximum Gasteiger partial charge on any atom is 0.356 e. The largest absolute Gasteiger partial charge is 0.356 e. The first-order chi connectivity index (χ1) is 6.53. The molecule has 0 radical (unpaired) electrons. The fourth-order valence-electron chi connectivity index (χ4n) is 1.58. The quantitative estimate of drug-likeness (QED) is 0.633. The van der Waals surface area contributed by atoms with E-state index in [2.05, 4.69) is 0 Å². The van der Waals surface area contributed by atoms with Crippen LogP contribution in [0.1, 0.15) is 11.1 Å². The summed E-state index contributed by atoms with van der Waals surface area (Å²) in [5, 5.41) is 0. The molecule has 1 aromatic carbocycles. The van der Waals surface area contributed by atoms with Crippen molar-refractivity contribution in [3.63, 3.8) is 0 Å². The Balaban J connectivity index is 2.50. The molecule has 0 aliphatic carbocycles. The minimum Gasteiger partial charge on any atom is -0.351 e. The molecular weight excluding hydrogens is 190 g/mol. The number of hydrogen-bond donors (Lipinski definition) is 1. The summed E-state index contributed by atoms with van der Waals surface area (Å²) in [7, 11) is 0. The molecule has 2 amide bonds. The molecule has 0 unspecified atom stereocenters. The number of benzene rings is 1. The average molecular weight is 198 g/mol. The van der Waals surface area contributed by atoms with Crippen molar-refractivity contribution in [1.29, 1.82) is 0 Å². The van der Waals surface area contributed by atoms with Gasteiger partial charge in [0.05, 0.1) is 6.54 Å². The van der Waals surface area contributed by atoms with Crippen molar-refractivity contribution in [2.75, 3.05) is 0 Å². The third-order valence-corrected chi connectivity index (χ3v) is 2.27. The first-order valence-electron chi connectivity index (χ1n) is 4.07. The molecule has 1 aliphatic rings. The van der Waals surface area contributed by atoms with Crippen LogP contribution in [0.15, 0.2) is 24.3 Å². The van der Waals surface area contributed by atoms with Crippen molar-refractivity contribution in [3.05, 3.63) is 35.4 Å². The highest BCUT2D eigenvalue weighted by Gasteiger charge is 2.48. The Hall–Kier alpha value is -1.65. The van der Waals surface area contributed by atoms with Crippen LogP contribution in [0.5, 0.6) is 0 Å². The number of carbonyl (C=O) groups excluding carboxylic acids is 1. The molecule has 0 saturated heterocycles. The smallest absolute Gasteiger partial charge is 0.351 e. The highest BCUT2D eigenvalue weighted by atomic mass is 19.3. The molecule has 14 heavy (non-hydrogen) atoms. The third kappa shape index (κ3) is 1.05. The van der Waals surface area contributed by atoms with Gasteiger partial charge in [0.25, 0.3) is 0 Å². The second-order valence-corrected chi connectivity index (χ2v) is 3.12. The monoisotopic (exact) mass is 198 g/mol. The van der Waals surface area contributed by atoms with Crippen molar-refractivity contribution in [3.8, 4) is 0 Å². The van der Waals surface area contributed by atoms with Crippen LogP contribution in [0.25, 0.3) is 0 Å². The molecule has 0 fully saturated rings. The molecule has 2 N–H and O–H groups in total. The number of rotatable bonds is 0. The zero-order valence-corrected chi connectivity index (χ0v) is 7.21. The Morgan fingerprint density at radius 1 is 1.43 bits per heavy atom. The lowest BCUT2D eigenvalue weighted by Gasteiger charge is -2.21. The summed E-state index contributed by atoms with van der Waals surface area (Å²) >= 11 is 0. The topological polar surface area (TPSA) is 46.3 Å². The van der Waals surface area contributed by atoms with E-state index in [-0.39, 0.29) is 12.1 Å². The van der Waals surface area contributed by atoms with Crippen molar-refractivity contribution in [2.45, 2.75) is 12.6 Å². The van der Waals surface area contributed by atoms with Gasteiger partial charge in [-0.1, -0.05) is 24.3 Å². The molecule has 1 aromatic rings. The van der Waals surface area contributed by atoms with E-state index in [1.165, 1.54) is 12.1 Å². The summed E-state index contributed by atoms with van der Waals surface area (Å²) in [4.78, 5) is 11.1. The number of primary amides is 1. The average Bonchev–Trinajstić information content (AvgIpc) is 2.39. The van der Waals surface area contributed by atoms with Crippen LogP contribution in [0.4, 0.5) is 13.6 Å². The molecule has 0 spiro atoms. The van der Waals surface area contributed by atoms with Gasteiger partial charge in [0, 0.05) is 5.56 Å². The lowest BCUT2D eigenvalue weighted by molar-refractivity contribution is -0.115. The predicted octanol–water partition coefficient (Wildman–Crippen LogP) is 1.63. The number of fused-ring (bicyclic) bond motifs is 1. The van der Waals surface area contributed by atoms with Crippen molar-refractivity contribution >= 4 is 6.03 Å². The fraction of sp³-hybridized carbons (Fsp3) is 0.222. The summed E-state index contributed by atoms with van der Waals surface area (Å²) in [5.74, 6) is 0. The second kappa shape index (κ2) is 2.67. The number of nitrogens with two attached hydrogens (primary N) is 1. The molecule has 2 rings (SSSR count). The Morgan fingerprint density at radius 3 is 2.64 bits per heavy atom. The van der Waals surface area contributed by atoms with Gasteiger partial charge in [-0.25, -0.2) is 4.79 Å². The van der Waals surface area contributed by atoms with Gasteiger partial charge in [-0.05, 0) is 5.56 Å². The molecule has 1 aliphatic heterocycles. The molecule has 0 aromatic heterocycles. The Labute approximate surface area is 79.1 Å². The Kier molecular flexibility index (Phi) is 1.70. The van der Waals surface area contributed by atoms with Crippen molar-refractivity contribution < 1.29 is 13.6 Å². The molecule has 0 atom stereocenters. The first kappa shape index (κ1) is 8.93. The van der Waals surface area contributed by atoms with Gasteiger partial charge < -0.3 is 5.73 Å². The zero-order valence-electron chi connectivity index (χ0n) is 7.21. The predicted molar refractivity (Wildman–Crippen MR) is 45.5 cm³/mol. The summed E-state index contributed by atoms with van der Waals surface area (Å²) < 4.78 is 27.0. The molecule has 5 heteroatoms. The standard InChI is InChI=1S/C9H8F2N2O/c10-9(11)7-4-2-1-3-6(7)5-13(9)8(12)14/h1-4H,5H2,(H2,12,14). The van der Waals surface area contributed by atoms with Crippen LogP contribution >= 0.6 is 0 Å². The zero-order chi connectivity index (χ0) is 10.3. The van der Waals surface area contributed by atoms with E-state index in [1.807, 2.05) is 0 Å². The number of urea groups is 1. The summed E-state index contributed by atoms with van der Waals surface area (Å²) in [6.07, 6.45) is 0. The van der Waals surface area contributed by atoms with E-state index in [1.54, 1.807) is 12.1 Å². The van der Waals surface area contributed by atoms with Crippen LogP contribution in [0.2, 0.25) is 0 Å². The summed E-state index contributed by atoms with van der Waals surface area (Å²) in [6, 6.07) is 1.65. The van der Waals surface area contributed by atoms with E-state index < -0.39 is 12.1 Å². The van der Waals surface area contributed by atoms with Crippen LogP contribution in [-0.2, 0) is 12.6 Å². The Bertz CT molecular complexity index is 392. The number of amides is 2. The van der Waals surface area contributed by atoms with E-state index in [0.29, 0.717) is 10.5 Å². The summed E-state index contributed by atoms with van der Waals surface area (Å²) in [5.41, 5.74) is 5.16. The highest BCUT2D eigenvalue weighted by Crippen LogP contribution is 2.41. The molecular formula is C9H8F2N2O. The van der Waals surface area contributed by atoms with Crippen LogP contribution in [0.3, 0.4) is 0 Å². The maximum absolute atomic E-state index is 13.5. The van der Waals surface area contributed by atoms with E-state index in [9.17, 15) is 13.6 Å². The van der Waals surface area contributed by atoms with Gasteiger partial charge in [0.1, 0.15) is 0 Å². The van der Waals surface area contributed by atoms with Crippen molar-refractivity contribution in [1.82, 2.24) is 4.90 Å². The highest BCUT2D eigenvalue weighted by molar-refractivity contribution is 5.74. The van der Waals surface area contributed by atoms with Gasteiger partial charge in [0.2, 0.25) is 0 Å². The SMILES string of the molecule is NC(=O)N1Cc2ccccc2C1(F)F. The Morgan fingerprint density at radius 2 is 2.07 bits per heavy atom. The van der Waals surface area contributed by atoms with Gasteiger partial charge in [-0.3, -0.25) is 4.90 Å². The molecule has 0 saturated carbocycles. The van der Waals surface area contributed by atoms with E-state index in [0.717, 1.165) is 0 Å². The summed E-state index contributed by atoms with van der Waals surface area (Å²) in [6.45, 7) is -0.126. The maximum atomic E-state index is 13.5. The van der Waals surface area contributed by atoms with E-state index in [4.69, 9.17) is 5.73 Å². The van der Waals surface area contributed by atoms with Crippen molar-refractivity contribution in [2.24, 2.45) is 5.73 Å². The van der Waals surface area contributed by atoms with Crippen LogP contribution in [-0.4, -0.2) is 10.9 Å². The minimum atomic E-state index is -3.28. The molecule has 0 bridgehead atoms. The number of carbonyl (C=O) groups is 1.